The molecule has 0 unspecified atom stereocenters. The van der Waals surface area contributed by atoms with Crippen molar-refractivity contribution in [3.8, 4) is 0 Å². The van der Waals surface area contributed by atoms with Gasteiger partial charge in [0.2, 0.25) is 0 Å². The highest BCUT2D eigenvalue weighted by molar-refractivity contribution is 7.81. The first-order chi connectivity index (χ1) is 5.47. The van der Waals surface area contributed by atoms with Gasteiger partial charge in [0.05, 0.1) is 13.2 Å². The first-order valence-electron chi connectivity index (χ1n) is 3.67. The molecule has 1 fully saturated rings. The Kier molecular flexibility index (Phi) is 3.00. The van der Waals surface area contributed by atoms with E-state index in [4.69, 9.17) is 20.3 Å². The monoisotopic (exact) mass is 210 g/mol. The normalized spacial score (nSPS) is 42.5. The summed E-state index contributed by atoms with van der Waals surface area (Å²) in [6, 6.07) is 0. The molecule has 0 aromatic rings. The molecule has 70 valence electrons. The van der Waals surface area contributed by atoms with E-state index in [0.29, 0.717) is 13.2 Å². The second-order valence-electron chi connectivity index (χ2n) is 3.28. The number of hydrogen-bond donors (Lipinski definition) is 0. The second kappa shape index (κ2) is 3.51. The van der Waals surface area contributed by atoms with Crippen LogP contribution in [0, 0.1) is 5.41 Å². The molecule has 1 rings (SSSR count). The van der Waals surface area contributed by atoms with Crippen LogP contribution in [0.3, 0.4) is 0 Å². The van der Waals surface area contributed by atoms with Crippen molar-refractivity contribution in [2.24, 2.45) is 5.41 Å². The minimum Gasteiger partial charge on any atom is -0.296 e. The Morgan fingerprint density at radius 3 is 2.58 bits per heavy atom. The lowest BCUT2D eigenvalue weighted by molar-refractivity contribution is 0.0386. The third-order valence-electron chi connectivity index (χ3n) is 1.77. The molecule has 0 atom stereocenters. The molecule has 5 heteroatoms. The molecule has 1 heterocycles. The smallest absolute Gasteiger partial charge is 0.296 e. The average Bonchev–Trinajstić information content (AvgIpc) is 1.98. The Morgan fingerprint density at radius 1 is 1.67 bits per heavy atom. The summed E-state index contributed by atoms with van der Waals surface area (Å²) in [7, 11) is 0. The van der Waals surface area contributed by atoms with E-state index < -0.39 is 6.95 Å². The Hall–Kier alpha value is 0.180. The van der Waals surface area contributed by atoms with E-state index in [1.165, 1.54) is 0 Å². The lowest BCUT2D eigenvalue weighted by atomic mass is 9.89. The fourth-order valence-corrected chi connectivity index (χ4v) is 2.31. The van der Waals surface area contributed by atoms with Crippen LogP contribution in [0.5, 0.6) is 0 Å². The Labute approximate surface area is 77.0 Å². The molecule has 0 N–H and O–H groups in total. The first-order valence-corrected chi connectivity index (χ1v) is 6.12. The van der Waals surface area contributed by atoms with Crippen LogP contribution in [0.25, 0.3) is 0 Å². The maximum absolute atomic E-state index is 11.0. The lowest BCUT2D eigenvalue weighted by Gasteiger charge is -2.33. The molecule has 0 radical (unpaired) electrons. The second-order valence-corrected chi connectivity index (χ2v) is 5.90. The SMILES string of the molecule is C=CCC1(C)COP(=O)(Cl)OC1. The van der Waals surface area contributed by atoms with Gasteiger partial charge in [-0.05, 0) is 6.42 Å². The zero-order valence-electron chi connectivity index (χ0n) is 6.96. The van der Waals surface area contributed by atoms with Gasteiger partial charge < -0.3 is 0 Å². The molecule has 1 saturated heterocycles. The fourth-order valence-electron chi connectivity index (χ4n) is 1.01. The van der Waals surface area contributed by atoms with Crippen molar-refractivity contribution < 1.29 is 13.6 Å². The van der Waals surface area contributed by atoms with E-state index >= 15 is 0 Å². The van der Waals surface area contributed by atoms with Crippen molar-refractivity contribution in [2.75, 3.05) is 13.2 Å². The number of halogens is 1. The molecule has 0 aromatic heterocycles. The predicted molar refractivity (Wildman–Crippen MR) is 48.3 cm³/mol. The molecule has 0 amide bonds. The number of rotatable bonds is 2. The van der Waals surface area contributed by atoms with Crippen LogP contribution in [-0.2, 0) is 13.6 Å². The van der Waals surface area contributed by atoms with E-state index in [2.05, 4.69) is 6.58 Å². The van der Waals surface area contributed by atoms with Gasteiger partial charge in [-0.2, -0.15) is 0 Å². The average molecular weight is 211 g/mol. The predicted octanol–water partition coefficient (Wildman–Crippen LogP) is 2.96. The Balaban J connectivity index is 2.55. The number of hydrogen-bond acceptors (Lipinski definition) is 3. The third-order valence-corrected chi connectivity index (χ3v) is 3.23. The summed E-state index contributed by atoms with van der Waals surface area (Å²) >= 11 is 5.38. The van der Waals surface area contributed by atoms with Crippen molar-refractivity contribution in [1.29, 1.82) is 0 Å². The summed E-state index contributed by atoms with van der Waals surface area (Å²) in [6.07, 6.45) is 2.56. The topological polar surface area (TPSA) is 35.5 Å². The fraction of sp³-hybridized carbons (Fsp3) is 0.714. The zero-order valence-corrected chi connectivity index (χ0v) is 8.61. The Bertz CT molecular complexity index is 217. The summed E-state index contributed by atoms with van der Waals surface area (Å²) in [5, 5.41) is 0. The van der Waals surface area contributed by atoms with Crippen LogP contribution in [-0.4, -0.2) is 13.2 Å². The van der Waals surface area contributed by atoms with Crippen LogP contribution in [0.15, 0.2) is 12.7 Å². The minimum absolute atomic E-state index is 0.134. The van der Waals surface area contributed by atoms with Gasteiger partial charge in [0.1, 0.15) is 0 Å². The molecule has 0 aromatic carbocycles. The largest absolute Gasteiger partial charge is 0.424 e. The van der Waals surface area contributed by atoms with Crippen LogP contribution >= 0.6 is 18.2 Å². The molecule has 0 spiro atoms. The molecular formula is C7H12ClO3P. The van der Waals surface area contributed by atoms with E-state index in [1.54, 1.807) is 6.08 Å². The van der Waals surface area contributed by atoms with Crippen LogP contribution < -0.4 is 0 Å². The summed E-state index contributed by atoms with van der Waals surface area (Å²) in [5.74, 6) is 0. The van der Waals surface area contributed by atoms with Gasteiger partial charge in [0, 0.05) is 16.7 Å². The lowest BCUT2D eigenvalue weighted by Crippen LogP contribution is -2.31. The first kappa shape index (κ1) is 10.3. The van der Waals surface area contributed by atoms with Gasteiger partial charge in [0.25, 0.3) is 0 Å². The van der Waals surface area contributed by atoms with Gasteiger partial charge in [-0.25, -0.2) is 4.57 Å². The van der Waals surface area contributed by atoms with Crippen molar-refractivity contribution >= 4 is 18.2 Å². The maximum Gasteiger partial charge on any atom is 0.424 e. The summed E-state index contributed by atoms with van der Waals surface area (Å²) in [6.45, 7) is 3.07. The Morgan fingerprint density at radius 2 is 2.17 bits per heavy atom. The highest BCUT2D eigenvalue weighted by Crippen LogP contribution is 2.58. The molecule has 0 saturated carbocycles. The summed E-state index contributed by atoms with van der Waals surface area (Å²) in [4.78, 5) is 0. The van der Waals surface area contributed by atoms with Gasteiger partial charge in [-0.3, -0.25) is 9.05 Å². The van der Waals surface area contributed by atoms with Gasteiger partial charge in [0.15, 0.2) is 0 Å². The van der Waals surface area contributed by atoms with Crippen LogP contribution in [0.2, 0.25) is 0 Å². The molecule has 3 nitrogen and oxygen atoms in total. The van der Waals surface area contributed by atoms with Gasteiger partial charge in [-0.15, -0.1) is 6.58 Å². The van der Waals surface area contributed by atoms with Crippen molar-refractivity contribution in [3.05, 3.63) is 12.7 Å². The van der Waals surface area contributed by atoms with Crippen LogP contribution in [0.1, 0.15) is 13.3 Å². The van der Waals surface area contributed by atoms with Gasteiger partial charge >= 0.3 is 6.95 Å². The number of allylic oxidation sites excluding steroid dienone is 1. The highest BCUT2D eigenvalue weighted by Gasteiger charge is 2.37. The van der Waals surface area contributed by atoms with E-state index in [1.807, 2.05) is 6.92 Å². The van der Waals surface area contributed by atoms with E-state index in [-0.39, 0.29) is 5.41 Å². The quantitative estimate of drug-likeness (QED) is 0.519. The molecule has 1 aliphatic rings. The van der Waals surface area contributed by atoms with Crippen molar-refractivity contribution in [2.45, 2.75) is 13.3 Å². The molecule has 0 aliphatic carbocycles. The third kappa shape index (κ3) is 2.60. The van der Waals surface area contributed by atoms with E-state index in [0.717, 1.165) is 6.42 Å². The van der Waals surface area contributed by atoms with Crippen molar-refractivity contribution in [1.82, 2.24) is 0 Å². The molecule has 12 heavy (non-hydrogen) atoms. The molecule has 0 bridgehead atoms. The van der Waals surface area contributed by atoms with Crippen LogP contribution in [0.4, 0.5) is 0 Å². The maximum atomic E-state index is 11.0. The van der Waals surface area contributed by atoms with E-state index in [9.17, 15) is 4.57 Å². The van der Waals surface area contributed by atoms with Crippen molar-refractivity contribution in [3.63, 3.8) is 0 Å². The standard InChI is InChI=1S/C7H12ClO3P/c1-3-4-7(2)5-10-12(8,9)11-6-7/h3H,1,4-6H2,2H3. The zero-order chi connectivity index (χ0) is 9.24. The molecule has 1 aliphatic heterocycles. The summed E-state index contributed by atoms with van der Waals surface area (Å²) in [5.41, 5.74) is -0.134. The minimum atomic E-state index is -3.25. The van der Waals surface area contributed by atoms with Gasteiger partial charge in [-0.1, -0.05) is 13.0 Å². The highest BCUT2D eigenvalue weighted by atomic mass is 35.7. The molecular weight excluding hydrogens is 199 g/mol. The summed E-state index contributed by atoms with van der Waals surface area (Å²) < 4.78 is 20.8.